The summed E-state index contributed by atoms with van der Waals surface area (Å²) >= 11 is 1.47. The Kier molecular flexibility index (Phi) is 7.84. The Balaban J connectivity index is 1.57. The molecule has 1 aromatic carbocycles. The number of likely N-dealkylation sites (tertiary alicyclic amines) is 1. The first-order valence-electron chi connectivity index (χ1n) is 11.0. The van der Waals surface area contributed by atoms with E-state index in [1.54, 1.807) is 0 Å². The van der Waals surface area contributed by atoms with Crippen molar-refractivity contribution in [3.8, 4) is 10.6 Å². The highest BCUT2D eigenvalue weighted by Gasteiger charge is 2.31. The number of thiazole rings is 1. The van der Waals surface area contributed by atoms with Crippen molar-refractivity contribution in [1.82, 2.24) is 20.1 Å². The number of amides is 2. The van der Waals surface area contributed by atoms with Gasteiger partial charge < -0.3 is 15.1 Å². The average molecular weight is 443 g/mol. The summed E-state index contributed by atoms with van der Waals surface area (Å²) in [5.74, 6) is 0.467. The van der Waals surface area contributed by atoms with Crippen molar-refractivity contribution in [1.29, 1.82) is 0 Å². The van der Waals surface area contributed by atoms with E-state index >= 15 is 0 Å². The summed E-state index contributed by atoms with van der Waals surface area (Å²) in [4.78, 5) is 34.9. The van der Waals surface area contributed by atoms with Crippen LogP contribution in [0.1, 0.15) is 40.7 Å². The number of aromatic nitrogens is 1. The van der Waals surface area contributed by atoms with Crippen molar-refractivity contribution in [3.63, 3.8) is 0 Å². The summed E-state index contributed by atoms with van der Waals surface area (Å²) < 4.78 is 0. The van der Waals surface area contributed by atoms with Crippen LogP contribution < -0.4 is 5.32 Å². The molecule has 168 valence electrons. The monoisotopic (exact) mass is 442 g/mol. The summed E-state index contributed by atoms with van der Waals surface area (Å²) in [6, 6.07) is 8.24. The summed E-state index contributed by atoms with van der Waals surface area (Å²) in [6.07, 6.45) is 1.72. The molecule has 1 N–H and O–H groups in total. The smallest absolute Gasteiger partial charge is 0.265 e. The Morgan fingerprint density at radius 1 is 1.19 bits per heavy atom. The maximum Gasteiger partial charge on any atom is 0.265 e. The van der Waals surface area contributed by atoms with Crippen LogP contribution in [0.2, 0.25) is 0 Å². The fraction of sp³-hybridized carbons (Fsp3) is 0.542. The lowest BCUT2D eigenvalue weighted by Crippen LogP contribution is -2.43. The average Bonchev–Trinajstić information content (AvgIpc) is 3.14. The Morgan fingerprint density at radius 2 is 1.84 bits per heavy atom. The lowest BCUT2D eigenvalue weighted by molar-refractivity contribution is -0.126. The number of likely N-dealkylation sites (N-methyl/N-ethyl adjacent to an activating group) is 1. The summed E-state index contributed by atoms with van der Waals surface area (Å²) in [6.45, 7) is 8.87. The normalized spacial score (nSPS) is 15.9. The Bertz CT molecular complexity index is 899. The van der Waals surface area contributed by atoms with Crippen molar-refractivity contribution in [2.24, 2.45) is 11.8 Å². The van der Waals surface area contributed by atoms with E-state index in [2.05, 4.69) is 46.4 Å². The second-order valence-corrected chi connectivity index (χ2v) is 9.81. The molecule has 0 saturated carbocycles. The van der Waals surface area contributed by atoms with E-state index in [0.29, 0.717) is 25.6 Å². The van der Waals surface area contributed by atoms with E-state index in [9.17, 15) is 9.59 Å². The Labute approximate surface area is 189 Å². The number of benzene rings is 1. The molecule has 1 fully saturated rings. The molecule has 0 bridgehead atoms. The van der Waals surface area contributed by atoms with Crippen LogP contribution in [0.3, 0.4) is 0 Å². The van der Waals surface area contributed by atoms with Crippen LogP contribution in [0.4, 0.5) is 0 Å². The highest BCUT2D eigenvalue weighted by molar-refractivity contribution is 7.17. The second kappa shape index (κ2) is 10.4. The molecule has 1 saturated heterocycles. The van der Waals surface area contributed by atoms with Crippen LogP contribution in [-0.2, 0) is 4.79 Å². The summed E-state index contributed by atoms with van der Waals surface area (Å²) in [5.41, 5.74) is 3.05. The van der Waals surface area contributed by atoms with E-state index < -0.39 is 0 Å². The van der Waals surface area contributed by atoms with Gasteiger partial charge >= 0.3 is 0 Å². The van der Waals surface area contributed by atoms with Crippen molar-refractivity contribution in [2.45, 2.75) is 33.6 Å². The Hall–Kier alpha value is -2.25. The molecule has 1 atom stereocenters. The van der Waals surface area contributed by atoms with Gasteiger partial charge in [0, 0.05) is 37.7 Å². The number of hydrogen-bond acceptors (Lipinski definition) is 5. The maximum atomic E-state index is 13.1. The summed E-state index contributed by atoms with van der Waals surface area (Å²) in [7, 11) is 3.99. The van der Waals surface area contributed by atoms with E-state index in [1.165, 1.54) is 16.9 Å². The van der Waals surface area contributed by atoms with Crippen LogP contribution >= 0.6 is 11.3 Å². The molecular formula is C24H34N4O2S. The zero-order valence-corrected chi connectivity index (χ0v) is 20.1. The Morgan fingerprint density at radius 3 is 2.45 bits per heavy atom. The zero-order chi connectivity index (χ0) is 22.5. The number of nitrogens with one attached hydrogen (secondary N) is 1. The van der Waals surface area contributed by atoms with Gasteiger partial charge in [0.15, 0.2) is 0 Å². The number of hydrogen-bond donors (Lipinski definition) is 1. The van der Waals surface area contributed by atoms with Crippen LogP contribution in [0.5, 0.6) is 0 Å². The van der Waals surface area contributed by atoms with Gasteiger partial charge in [-0.05, 0) is 46.7 Å². The molecule has 2 amide bonds. The lowest BCUT2D eigenvalue weighted by atomic mass is 9.85. The molecule has 1 aromatic heterocycles. The molecule has 0 radical (unpaired) electrons. The molecule has 6 nitrogen and oxygen atoms in total. The SMILES string of the molecule is Cc1ccc(-c2nc(C)c(C(=O)N3CCC([C@@H](C)C(=O)NCCN(C)C)CC3)s2)cc1. The van der Waals surface area contributed by atoms with Crippen LogP contribution in [0.25, 0.3) is 10.6 Å². The highest BCUT2D eigenvalue weighted by atomic mass is 32.1. The van der Waals surface area contributed by atoms with Gasteiger partial charge in [0.2, 0.25) is 5.91 Å². The molecule has 0 aliphatic carbocycles. The van der Waals surface area contributed by atoms with E-state index in [-0.39, 0.29) is 17.7 Å². The largest absolute Gasteiger partial charge is 0.355 e. The molecule has 7 heteroatoms. The number of aryl methyl sites for hydroxylation is 2. The molecule has 1 aliphatic heterocycles. The van der Waals surface area contributed by atoms with Crippen molar-refractivity contribution in [2.75, 3.05) is 40.3 Å². The van der Waals surface area contributed by atoms with Crippen LogP contribution in [-0.4, -0.2) is 66.9 Å². The molecule has 0 spiro atoms. The fourth-order valence-corrected chi connectivity index (χ4v) is 4.98. The number of rotatable bonds is 7. The number of carbonyl (C=O) groups excluding carboxylic acids is 2. The molecular weight excluding hydrogens is 408 g/mol. The molecule has 31 heavy (non-hydrogen) atoms. The number of nitrogens with zero attached hydrogens (tertiary/aromatic N) is 3. The van der Waals surface area contributed by atoms with Gasteiger partial charge in [0.05, 0.1) is 5.69 Å². The van der Waals surface area contributed by atoms with E-state index in [1.807, 2.05) is 32.8 Å². The molecule has 2 aromatic rings. The second-order valence-electron chi connectivity index (χ2n) is 8.81. The third-order valence-corrected chi connectivity index (χ3v) is 7.29. The zero-order valence-electron chi connectivity index (χ0n) is 19.3. The van der Waals surface area contributed by atoms with Crippen LogP contribution in [0.15, 0.2) is 24.3 Å². The van der Waals surface area contributed by atoms with Crippen LogP contribution in [0, 0.1) is 25.7 Å². The quantitative estimate of drug-likeness (QED) is 0.712. The lowest BCUT2D eigenvalue weighted by Gasteiger charge is -2.34. The van der Waals surface area contributed by atoms with Crippen molar-refractivity contribution in [3.05, 3.63) is 40.4 Å². The van der Waals surface area contributed by atoms with Gasteiger partial charge in [-0.3, -0.25) is 9.59 Å². The van der Waals surface area contributed by atoms with E-state index in [0.717, 1.165) is 40.5 Å². The number of piperidine rings is 1. The first-order valence-corrected chi connectivity index (χ1v) is 11.8. The van der Waals surface area contributed by atoms with Gasteiger partial charge in [0.25, 0.3) is 5.91 Å². The topological polar surface area (TPSA) is 65.5 Å². The predicted octanol–water partition coefficient (Wildman–Crippen LogP) is 3.59. The maximum absolute atomic E-state index is 13.1. The minimum Gasteiger partial charge on any atom is -0.355 e. The minimum absolute atomic E-state index is 0.0299. The van der Waals surface area contributed by atoms with Gasteiger partial charge in [-0.15, -0.1) is 11.3 Å². The molecule has 2 heterocycles. The van der Waals surface area contributed by atoms with Gasteiger partial charge in [-0.1, -0.05) is 36.8 Å². The van der Waals surface area contributed by atoms with Crippen molar-refractivity contribution >= 4 is 23.2 Å². The fourth-order valence-electron chi connectivity index (χ4n) is 3.94. The summed E-state index contributed by atoms with van der Waals surface area (Å²) in [5, 5.41) is 3.92. The molecule has 3 rings (SSSR count). The highest BCUT2D eigenvalue weighted by Crippen LogP contribution is 2.31. The first kappa shape index (κ1) is 23.4. The molecule has 1 aliphatic rings. The third kappa shape index (κ3) is 5.92. The van der Waals surface area contributed by atoms with E-state index in [4.69, 9.17) is 0 Å². The number of carbonyl (C=O) groups is 2. The van der Waals surface area contributed by atoms with Crippen molar-refractivity contribution < 1.29 is 9.59 Å². The molecule has 0 unspecified atom stereocenters. The standard InChI is InChI=1S/C24H34N4O2S/c1-16-6-8-20(9-7-16)23-26-18(3)21(31-23)24(30)28-13-10-19(11-14-28)17(2)22(29)25-12-15-27(4)5/h6-9,17,19H,10-15H2,1-5H3,(H,25,29)/t17-/m1/s1. The van der Waals surface area contributed by atoms with Gasteiger partial charge in [-0.2, -0.15) is 0 Å². The van der Waals surface area contributed by atoms with Gasteiger partial charge in [-0.25, -0.2) is 4.98 Å². The third-order valence-electron chi connectivity index (χ3n) is 6.10. The van der Waals surface area contributed by atoms with Gasteiger partial charge in [0.1, 0.15) is 9.88 Å². The predicted molar refractivity (Wildman–Crippen MR) is 126 cm³/mol. The first-order chi connectivity index (χ1) is 14.8. The minimum atomic E-state index is -0.0299.